The van der Waals surface area contributed by atoms with Crippen LogP contribution in [0.25, 0.3) is 0 Å². The average Bonchev–Trinajstić information content (AvgIpc) is 2.31. The van der Waals surface area contributed by atoms with Gasteiger partial charge in [0, 0.05) is 17.1 Å². The van der Waals surface area contributed by atoms with Crippen molar-refractivity contribution in [2.24, 2.45) is 5.92 Å². The van der Waals surface area contributed by atoms with Crippen molar-refractivity contribution in [2.45, 2.75) is 20.4 Å². The van der Waals surface area contributed by atoms with Crippen LogP contribution >= 0.6 is 23.2 Å². The maximum Gasteiger partial charge on any atom is 0.237 e. The predicted octanol–water partition coefficient (Wildman–Crippen LogP) is 3.70. The van der Waals surface area contributed by atoms with Crippen LogP contribution in [0.5, 0.6) is 0 Å². The molecular weight excluding hydrogens is 276 g/mol. The molecule has 0 spiro atoms. The quantitative estimate of drug-likeness (QED) is 0.758. The van der Waals surface area contributed by atoms with E-state index >= 15 is 0 Å². The molecule has 1 amide bonds. The lowest BCUT2D eigenvalue weighted by atomic mass is 10.1. The molecule has 0 fully saturated rings. The highest BCUT2D eigenvalue weighted by Crippen LogP contribution is 2.21. The lowest BCUT2D eigenvalue weighted by Crippen LogP contribution is -2.35. The van der Waals surface area contributed by atoms with Gasteiger partial charge < -0.3 is 4.90 Å². The van der Waals surface area contributed by atoms with Gasteiger partial charge in [0.1, 0.15) is 11.7 Å². The van der Waals surface area contributed by atoms with Crippen LogP contribution in [-0.4, -0.2) is 23.2 Å². The van der Waals surface area contributed by atoms with Gasteiger partial charge in [-0.3, -0.25) is 4.79 Å². The minimum Gasteiger partial charge on any atom is -0.337 e. The predicted molar refractivity (Wildman–Crippen MR) is 72.4 cm³/mol. The van der Waals surface area contributed by atoms with Crippen LogP contribution in [0.3, 0.4) is 0 Å². The molecule has 100 valence electrons. The van der Waals surface area contributed by atoms with Crippen LogP contribution in [0.1, 0.15) is 19.4 Å². The molecule has 0 radical (unpaired) electrons. The van der Waals surface area contributed by atoms with E-state index in [0.29, 0.717) is 17.1 Å². The van der Waals surface area contributed by atoms with Gasteiger partial charge in [0.25, 0.3) is 0 Å². The van der Waals surface area contributed by atoms with Gasteiger partial charge in [-0.05, 0) is 18.1 Å². The minimum absolute atomic E-state index is 0.112. The van der Waals surface area contributed by atoms with Gasteiger partial charge in [-0.25, -0.2) is 4.39 Å². The van der Waals surface area contributed by atoms with E-state index in [1.807, 2.05) is 13.8 Å². The van der Waals surface area contributed by atoms with Gasteiger partial charge in [-0.1, -0.05) is 31.5 Å². The number of carbonyl (C=O) groups is 1. The molecular formula is C13H16Cl2FNO. The van der Waals surface area contributed by atoms with Crippen LogP contribution in [0.4, 0.5) is 4.39 Å². The monoisotopic (exact) mass is 291 g/mol. The number of amides is 1. The van der Waals surface area contributed by atoms with Crippen molar-refractivity contribution < 1.29 is 9.18 Å². The summed E-state index contributed by atoms with van der Waals surface area (Å²) in [6, 6.07) is 4.48. The maximum absolute atomic E-state index is 13.7. The number of hydrogen-bond donors (Lipinski definition) is 0. The van der Waals surface area contributed by atoms with E-state index in [4.69, 9.17) is 23.2 Å². The fourth-order valence-corrected chi connectivity index (χ4v) is 2.05. The third kappa shape index (κ3) is 4.14. The van der Waals surface area contributed by atoms with E-state index in [0.717, 1.165) is 0 Å². The number of carbonyl (C=O) groups excluding carboxylic acids is 1. The Morgan fingerprint density at radius 3 is 2.61 bits per heavy atom. The van der Waals surface area contributed by atoms with E-state index in [-0.39, 0.29) is 24.2 Å². The fourth-order valence-electron chi connectivity index (χ4n) is 1.65. The molecule has 0 bridgehead atoms. The Hall–Kier alpha value is -0.800. The van der Waals surface area contributed by atoms with Gasteiger partial charge in [0.05, 0.1) is 6.54 Å². The molecule has 18 heavy (non-hydrogen) atoms. The Kier molecular flexibility index (Phi) is 5.89. The standard InChI is InChI=1S/C13H16Cl2FNO/c1-9(2)7-17(13(18)6-14)8-10-11(15)4-3-5-12(10)16/h3-5,9H,6-8H2,1-2H3. The molecule has 1 rings (SSSR count). The highest BCUT2D eigenvalue weighted by Gasteiger charge is 2.17. The summed E-state index contributed by atoms with van der Waals surface area (Å²) in [5.74, 6) is -0.454. The molecule has 1 aromatic rings. The number of halogens is 3. The van der Waals surface area contributed by atoms with Crippen LogP contribution in [0, 0.1) is 11.7 Å². The average molecular weight is 292 g/mol. The van der Waals surface area contributed by atoms with Crippen molar-refractivity contribution in [1.29, 1.82) is 0 Å². The first-order valence-corrected chi connectivity index (χ1v) is 6.63. The van der Waals surface area contributed by atoms with Crippen molar-refractivity contribution in [3.05, 3.63) is 34.6 Å². The summed E-state index contributed by atoms with van der Waals surface area (Å²) in [6.45, 7) is 4.64. The Bertz CT molecular complexity index is 403. The van der Waals surface area contributed by atoms with Gasteiger partial charge in [0.15, 0.2) is 0 Å². The Labute approximate surface area is 117 Å². The first kappa shape index (κ1) is 15.3. The summed E-state index contributed by atoms with van der Waals surface area (Å²) in [5.41, 5.74) is 0.332. The molecule has 0 aliphatic carbocycles. The summed E-state index contributed by atoms with van der Waals surface area (Å²) >= 11 is 11.5. The molecule has 2 nitrogen and oxygen atoms in total. The van der Waals surface area contributed by atoms with Crippen LogP contribution in [0.15, 0.2) is 18.2 Å². The van der Waals surface area contributed by atoms with E-state index in [9.17, 15) is 9.18 Å². The number of benzene rings is 1. The van der Waals surface area contributed by atoms with E-state index in [1.54, 1.807) is 6.07 Å². The zero-order chi connectivity index (χ0) is 13.7. The van der Waals surface area contributed by atoms with E-state index in [2.05, 4.69) is 0 Å². The normalized spacial score (nSPS) is 10.8. The number of rotatable bonds is 5. The molecule has 0 heterocycles. The van der Waals surface area contributed by atoms with Crippen molar-refractivity contribution in [3.63, 3.8) is 0 Å². The summed E-state index contributed by atoms with van der Waals surface area (Å²) in [6.07, 6.45) is 0. The van der Waals surface area contributed by atoms with Crippen LogP contribution < -0.4 is 0 Å². The van der Waals surface area contributed by atoms with Gasteiger partial charge >= 0.3 is 0 Å². The van der Waals surface area contributed by atoms with Crippen molar-refractivity contribution in [2.75, 3.05) is 12.4 Å². The zero-order valence-corrected chi connectivity index (χ0v) is 11.9. The summed E-state index contributed by atoms with van der Waals surface area (Å²) in [5, 5.41) is 0.325. The molecule has 0 aromatic heterocycles. The Morgan fingerprint density at radius 1 is 1.44 bits per heavy atom. The third-order valence-corrected chi connectivity index (χ3v) is 3.05. The third-order valence-electron chi connectivity index (χ3n) is 2.46. The fraction of sp³-hybridized carbons (Fsp3) is 0.462. The van der Waals surface area contributed by atoms with Crippen LogP contribution in [-0.2, 0) is 11.3 Å². The smallest absolute Gasteiger partial charge is 0.237 e. The van der Waals surface area contributed by atoms with Crippen LogP contribution in [0.2, 0.25) is 5.02 Å². The Balaban J connectivity index is 2.92. The van der Waals surface area contributed by atoms with E-state index < -0.39 is 5.82 Å². The largest absolute Gasteiger partial charge is 0.337 e. The molecule has 0 aliphatic heterocycles. The van der Waals surface area contributed by atoms with Gasteiger partial charge in [0.2, 0.25) is 5.91 Å². The molecule has 0 aliphatic rings. The lowest BCUT2D eigenvalue weighted by Gasteiger charge is -2.24. The second kappa shape index (κ2) is 6.95. The van der Waals surface area contributed by atoms with Crippen molar-refractivity contribution >= 4 is 29.1 Å². The molecule has 0 N–H and O–H groups in total. The molecule has 0 saturated heterocycles. The number of hydrogen-bond acceptors (Lipinski definition) is 1. The zero-order valence-electron chi connectivity index (χ0n) is 10.4. The topological polar surface area (TPSA) is 20.3 Å². The highest BCUT2D eigenvalue weighted by atomic mass is 35.5. The van der Waals surface area contributed by atoms with E-state index in [1.165, 1.54) is 17.0 Å². The Morgan fingerprint density at radius 2 is 2.11 bits per heavy atom. The number of nitrogens with zero attached hydrogens (tertiary/aromatic N) is 1. The first-order valence-electron chi connectivity index (χ1n) is 5.72. The second-order valence-electron chi connectivity index (χ2n) is 4.50. The summed E-state index contributed by atoms with van der Waals surface area (Å²) < 4.78 is 13.7. The first-order chi connectivity index (χ1) is 8.45. The molecule has 0 unspecified atom stereocenters. The second-order valence-corrected chi connectivity index (χ2v) is 5.18. The molecule has 0 atom stereocenters. The summed E-state index contributed by atoms with van der Waals surface area (Å²) in [7, 11) is 0. The molecule has 1 aromatic carbocycles. The SMILES string of the molecule is CC(C)CN(Cc1c(F)cccc1Cl)C(=O)CCl. The maximum atomic E-state index is 13.7. The summed E-state index contributed by atoms with van der Waals surface area (Å²) in [4.78, 5) is 13.2. The van der Waals surface area contributed by atoms with Crippen molar-refractivity contribution in [3.8, 4) is 0 Å². The molecule has 5 heteroatoms. The van der Waals surface area contributed by atoms with Gasteiger partial charge in [-0.15, -0.1) is 11.6 Å². The highest BCUT2D eigenvalue weighted by molar-refractivity contribution is 6.31. The minimum atomic E-state index is -0.404. The van der Waals surface area contributed by atoms with Gasteiger partial charge in [-0.2, -0.15) is 0 Å². The number of alkyl halides is 1. The van der Waals surface area contributed by atoms with Crippen molar-refractivity contribution in [1.82, 2.24) is 4.90 Å². The molecule has 0 saturated carbocycles. The lowest BCUT2D eigenvalue weighted by molar-refractivity contribution is -0.129.